The Balaban J connectivity index is 1.61. The van der Waals surface area contributed by atoms with Crippen LogP contribution in [0.5, 0.6) is 0 Å². The molecule has 3 rings (SSSR count). The Morgan fingerprint density at radius 2 is 1.81 bits per heavy atom. The number of Topliss-reactive ketones (excluding diaryl/α,β-unsaturated/α-hetero) is 1. The van der Waals surface area contributed by atoms with Gasteiger partial charge in [-0.05, 0) is 31.5 Å². The molecule has 0 aromatic heterocycles. The summed E-state index contributed by atoms with van der Waals surface area (Å²) in [6.45, 7) is 1.57. The minimum absolute atomic E-state index is 0.115. The van der Waals surface area contributed by atoms with Crippen LogP contribution in [0.4, 0.5) is 15.3 Å². The molecular weight excluding hydrogens is 502 g/mol. The minimum Gasteiger partial charge on any atom is -0.453 e. The Hall–Kier alpha value is -4.14. The summed E-state index contributed by atoms with van der Waals surface area (Å²) in [5.74, 6) is -2.77. The van der Waals surface area contributed by atoms with E-state index in [9.17, 15) is 34.1 Å². The van der Waals surface area contributed by atoms with Gasteiger partial charge in [0.15, 0.2) is 5.78 Å². The van der Waals surface area contributed by atoms with Crippen molar-refractivity contribution in [3.05, 3.63) is 50.5 Å². The molecule has 192 valence electrons. The molecule has 0 saturated carbocycles. The first-order valence-electron chi connectivity index (χ1n) is 10.4. The fraction of sp³-hybridized carbons (Fsp3) is 0.381. The molecule has 0 radical (unpaired) electrons. The number of rotatable bonds is 10. The van der Waals surface area contributed by atoms with E-state index in [-0.39, 0.29) is 22.9 Å². The van der Waals surface area contributed by atoms with Gasteiger partial charge in [-0.25, -0.2) is 14.4 Å². The van der Waals surface area contributed by atoms with Crippen LogP contribution in [0.15, 0.2) is 34.9 Å². The Morgan fingerprint density at radius 3 is 2.39 bits per heavy atom. The van der Waals surface area contributed by atoms with Crippen molar-refractivity contribution in [2.45, 2.75) is 31.9 Å². The van der Waals surface area contributed by atoms with Crippen molar-refractivity contribution in [2.75, 3.05) is 13.2 Å². The molecule has 3 atom stereocenters. The van der Waals surface area contributed by atoms with Crippen LogP contribution >= 0.6 is 11.8 Å². The summed E-state index contributed by atoms with van der Waals surface area (Å²) in [5.41, 5.74) is 5.18. The SMILES string of the molecule is CC(=O)COC(=O)C1=C(COC(N)=O)S[C@@H]2[C@@H](C(C)OC(=O)OCc3ccc([N+](=O)[O-])cc3)C(=O)N12. The molecule has 1 saturated heterocycles. The van der Waals surface area contributed by atoms with Crippen LogP contribution < -0.4 is 5.73 Å². The van der Waals surface area contributed by atoms with Crippen LogP contribution in [-0.2, 0) is 39.9 Å². The van der Waals surface area contributed by atoms with Crippen molar-refractivity contribution in [3.63, 3.8) is 0 Å². The average molecular weight is 523 g/mol. The number of hydrogen-bond donors (Lipinski definition) is 1. The molecule has 1 fully saturated rings. The third-order valence-electron chi connectivity index (χ3n) is 5.09. The molecule has 2 heterocycles. The van der Waals surface area contributed by atoms with Gasteiger partial charge in [-0.15, -0.1) is 0 Å². The number of non-ortho nitro benzene ring substituents is 1. The molecule has 0 aliphatic carbocycles. The number of ketones is 1. The summed E-state index contributed by atoms with van der Waals surface area (Å²) < 4.78 is 19.9. The summed E-state index contributed by atoms with van der Waals surface area (Å²) in [4.78, 5) is 71.1. The van der Waals surface area contributed by atoms with Crippen LogP contribution in [-0.4, -0.2) is 64.4 Å². The van der Waals surface area contributed by atoms with Crippen molar-refractivity contribution in [1.29, 1.82) is 0 Å². The maximum absolute atomic E-state index is 12.9. The number of benzene rings is 1. The van der Waals surface area contributed by atoms with Crippen LogP contribution in [0.25, 0.3) is 0 Å². The fourth-order valence-electron chi connectivity index (χ4n) is 3.42. The van der Waals surface area contributed by atoms with Gasteiger partial charge in [0.1, 0.15) is 42.9 Å². The first-order chi connectivity index (χ1) is 17.0. The molecule has 0 spiro atoms. The number of hydrogen-bond acceptors (Lipinski definition) is 12. The first kappa shape index (κ1) is 26.5. The number of nitro groups is 1. The number of β-lactam (4-membered cyclic amide) rings is 1. The molecule has 0 bridgehead atoms. The van der Waals surface area contributed by atoms with Gasteiger partial charge in [0.25, 0.3) is 5.69 Å². The van der Waals surface area contributed by atoms with Crippen molar-refractivity contribution in [1.82, 2.24) is 4.90 Å². The lowest BCUT2D eigenvalue weighted by Gasteiger charge is -2.44. The third kappa shape index (κ3) is 5.91. The van der Waals surface area contributed by atoms with E-state index in [1.807, 2.05) is 0 Å². The average Bonchev–Trinajstić information content (AvgIpc) is 3.14. The second kappa shape index (κ2) is 11.1. The predicted molar refractivity (Wildman–Crippen MR) is 120 cm³/mol. The summed E-state index contributed by atoms with van der Waals surface area (Å²) in [5, 5.41) is 10.0. The molecule has 2 aliphatic heterocycles. The van der Waals surface area contributed by atoms with Gasteiger partial charge in [0.2, 0.25) is 5.91 Å². The van der Waals surface area contributed by atoms with E-state index in [1.165, 1.54) is 38.1 Å². The standard InChI is InChI=1S/C21H21N3O11S/c1-10(25)7-32-19(27)16-14(9-33-20(22)28)36-18-15(17(26)23(16)18)11(2)35-21(29)34-8-12-3-5-13(6-4-12)24(30)31/h3-6,11,15,18H,7-9H2,1-2H3,(H2,22,28)/t11?,15-,18+/m0/s1. The van der Waals surface area contributed by atoms with E-state index in [1.54, 1.807) is 0 Å². The van der Waals surface area contributed by atoms with E-state index in [2.05, 4.69) is 0 Å². The van der Waals surface area contributed by atoms with Crippen LogP contribution in [0.3, 0.4) is 0 Å². The van der Waals surface area contributed by atoms with Crippen molar-refractivity contribution in [2.24, 2.45) is 11.7 Å². The molecule has 1 aromatic rings. The minimum atomic E-state index is -1.09. The Bertz CT molecular complexity index is 1130. The number of primary amides is 1. The maximum Gasteiger partial charge on any atom is 0.508 e. The first-order valence-corrected chi connectivity index (χ1v) is 11.3. The van der Waals surface area contributed by atoms with Gasteiger partial charge < -0.3 is 24.7 Å². The highest BCUT2D eigenvalue weighted by Crippen LogP contribution is 2.51. The fourth-order valence-corrected chi connectivity index (χ4v) is 4.93. The number of nitrogens with zero attached hydrogens (tertiary/aromatic N) is 2. The molecule has 1 unspecified atom stereocenters. The number of nitro benzene ring substituents is 1. The molecule has 1 aromatic carbocycles. The zero-order valence-electron chi connectivity index (χ0n) is 19.0. The summed E-state index contributed by atoms with van der Waals surface area (Å²) >= 11 is 1.03. The highest BCUT2D eigenvalue weighted by Gasteiger charge is 2.59. The molecule has 14 nitrogen and oxygen atoms in total. The molecule has 2 N–H and O–H groups in total. The van der Waals surface area contributed by atoms with E-state index < -0.39 is 65.4 Å². The zero-order chi connectivity index (χ0) is 26.6. The second-order valence-electron chi connectivity index (χ2n) is 7.69. The number of ether oxygens (including phenoxy) is 4. The topological polar surface area (TPSA) is 195 Å². The molecular formula is C21H21N3O11S. The number of carbonyl (C=O) groups excluding carboxylic acids is 5. The lowest BCUT2D eigenvalue weighted by Crippen LogP contribution is -2.61. The van der Waals surface area contributed by atoms with Gasteiger partial charge in [-0.1, -0.05) is 11.8 Å². The molecule has 15 heteroatoms. The van der Waals surface area contributed by atoms with Gasteiger partial charge in [-0.3, -0.25) is 24.6 Å². The number of thioether (sulfide) groups is 1. The Morgan fingerprint density at radius 1 is 1.14 bits per heavy atom. The van der Waals surface area contributed by atoms with Crippen LogP contribution in [0, 0.1) is 16.0 Å². The number of carbonyl (C=O) groups is 5. The molecule has 2 amide bonds. The number of nitrogens with two attached hydrogens (primary N) is 1. The van der Waals surface area contributed by atoms with E-state index >= 15 is 0 Å². The summed E-state index contributed by atoms with van der Waals surface area (Å²) in [6, 6.07) is 5.37. The molecule has 2 aliphatic rings. The van der Waals surface area contributed by atoms with Crippen LogP contribution in [0.2, 0.25) is 0 Å². The Kier molecular flexibility index (Phi) is 8.14. The number of esters is 1. The highest BCUT2D eigenvalue weighted by atomic mass is 32.2. The van der Waals surface area contributed by atoms with E-state index in [4.69, 9.17) is 24.7 Å². The van der Waals surface area contributed by atoms with Gasteiger partial charge >= 0.3 is 18.2 Å². The normalized spacial score (nSPS) is 19.1. The van der Waals surface area contributed by atoms with E-state index in [0.29, 0.717) is 5.56 Å². The zero-order valence-corrected chi connectivity index (χ0v) is 19.9. The summed E-state index contributed by atoms with van der Waals surface area (Å²) in [6.07, 6.45) is -3.12. The van der Waals surface area contributed by atoms with Gasteiger partial charge in [0, 0.05) is 12.1 Å². The smallest absolute Gasteiger partial charge is 0.453 e. The maximum atomic E-state index is 12.9. The van der Waals surface area contributed by atoms with Gasteiger partial charge in [-0.2, -0.15) is 0 Å². The highest BCUT2D eigenvalue weighted by molar-refractivity contribution is 8.04. The van der Waals surface area contributed by atoms with Crippen molar-refractivity contribution in [3.8, 4) is 0 Å². The molecule has 36 heavy (non-hydrogen) atoms. The number of fused-ring (bicyclic) bond motifs is 1. The second-order valence-corrected chi connectivity index (χ2v) is 8.90. The predicted octanol–water partition coefficient (Wildman–Crippen LogP) is 1.61. The lowest BCUT2D eigenvalue weighted by molar-refractivity contribution is -0.384. The van der Waals surface area contributed by atoms with Crippen molar-refractivity contribution >= 4 is 47.4 Å². The monoisotopic (exact) mass is 523 g/mol. The van der Waals surface area contributed by atoms with E-state index in [0.717, 1.165) is 16.7 Å². The van der Waals surface area contributed by atoms with Crippen LogP contribution in [0.1, 0.15) is 19.4 Å². The largest absolute Gasteiger partial charge is 0.508 e. The summed E-state index contributed by atoms with van der Waals surface area (Å²) in [7, 11) is 0. The number of amides is 2. The van der Waals surface area contributed by atoms with Gasteiger partial charge in [0.05, 0.1) is 9.83 Å². The van der Waals surface area contributed by atoms with Crippen molar-refractivity contribution < 1.29 is 47.8 Å². The lowest BCUT2D eigenvalue weighted by atomic mass is 9.92. The third-order valence-corrected chi connectivity index (χ3v) is 6.43. The quantitative estimate of drug-likeness (QED) is 0.153. The Labute approximate surface area is 207 Å².